The van der Waals surface area contributed by atoms with E-state index in [9.17, 15) is 4.79 Å². The van der Waals surface area contributed by atoms with E-state index >= 15 is 0 Å². The van der Waals surface area contributed by atoms with Gasteiger partial charge in [-0.05, 0) is 31.0 Å². The van der Waals surface area contributed by atoms with Gasteiger partial charge in [0, 0.05) is 30.9 Å². The smallest absolute Gasteiger partial charge is 0.272 e. The first-order valence-electron chi connectivity index (χ1n) is 7.23. The van der Waals surface area contributed by atoms with E-state index in [4.69, 9.17) is 0 Å². The molecule has 0 N–H and O–H groups in total. The number of hydrogen-bond donors (Lipinski definition) is 0. The van der Waals surface area contributed by atoms with E-state index in [0.29, 0.717) is 11.7 Å². The van der Waals surface area contributed by atoms with Crippen LogP contribution in [0.15, 0.2) is 30.6 Å². The number of hydrogen-bond acceptors (Lipinski definition) is 3. The van der Waals surface area contributed by atoms with Gasteiger partial charge in [0.25, 0.3) is 5.91 Å². The van der Waals surface area contributed by atoms with Crippen molar-refractivity contribution in [2.75, 3.05) is 7.05 Å². The summed E-state index contributed by atoms with van der Waals surface area (Å²) in [7, 11) is 1.90. The normalized spacial score (nSPS) is 16.2. The first-order chi connectivity index (χ1) is 9.75. The number of pyridine rings is 2. The molecule has 20 heavy (non-hydrogen) atoms. The summed E-state index contributed by atoms with van der Waals surface area (Å²) in [5.74, 6) is 0.0237. The summed E-state index contributed by atoms with van der Waals surface area (Å²) < 4.78 is 0. The molecule has 0 saturated heterocycles. The van der Waals surface area contributed by atoms with Gasteiger partial charge in [0.15, 0.2) is 0 Å². The Bertz CT molecular complexity index is 620. The van der Waals surface area contributed by atoms with Crippen LogP contribution in [0, 0.1) is 0 Å². The SMILES string of the molecule is CN(C(=O)c1ccc2cnccc2n1)C1CCCCC1. The average molecular weight is 269 g/mol. The molecule has 2 heterocycles. The summed E-state index contributed by atoms with van der Waals surface area (Å²) in [6, 6.07) is 5.92. The second-order valence-corrected chi connectivity index (χ2v) is 5.47. The third-order valence-corrected chi connectivity index (χ3v) is 4.15. The van der Waals surface area contributed by atoms with Crippen LogP contribution in [-0.4, -0.2) is 33.9 Å². The number of fused-ring (bicyclic) bond motifs is 1. The van der Waals surface area contributed by atoms with Crippen LogP contribution >= 0.6 is 0 Å². The monoisotopic (exact) mass is 269 g/mol. The molecule has 104 valence electrons. The van der Waals surface area contributed by atoms with Gasteiger partial charge in [-0.15, -0.1) is 0 Å². The summed E-state index contributed by atoms with van der Waals surface area (Å²) in [4.78, 5) is 22.9. The second kappa shape index (κ2) is 5.57. The van der Waals surface area contributed by atoms with E-state index in [1.807, 2.05) is 24.1 Å². The van der Waals surface area contributed by atoms with Gasteiger partial charge in [-0.2, -0.15) is 0 Å². The fourth-order valence-electron chi connectivity index (χ4n) is 2.90. The molecule has 2 aromatic heterocycles. The highest BCUT2D eigenvalue weighted by molar-refractivity contribution is 5.94. The molecule has 0 aliphatic heterocycles. The van der Waals surface area contributed by atoms with Gasteiger partial charge in [0.05, 0.1) is 5.52 Å². The largest absolute Gasteiger partial charge is 0.337 e. The van der Waals surface area contributed by atoms with E-state index in [0.717, 1.165) is 23.7 Å². The van der Waals surface area contributed by atoms with Crippen LogP contribution in [0.3, 0.4) is 0 Å². The van der Waals surface area contributed by atoms with E-state index < -0.39 is 0 Å². The minimum atomic E-state index is 0.0237. The third kappa shape index (κ3) is 2.50. The van der Waals surface area contributed by atoms with Crippen LogP contribution in [-0.2, 0) is 0 Å². The quantitative estimate of drug-likeness (QED) is 0.841. The predicted octanol–water partition coefficient (Wildman–Crippen LogP) is 3.03. The summed E-state index contributed by atoms with van der Waals surface area (Å²) in [5, 5.41) is 0.962. The molecule has 0 spiro atoms. The highest BCUT2D eigenvalue weighted by Crippen LogP contribution is 2.23. The summed E-state index contributed by atoms with van der Waals surface area (Å²) in [6.45, 7) is 0. The Labute approximate surface area is 118 Å². The van der Waals surface area contributed by atoms with Crippen LogP contribution in [0.1, 0.15) is 42.6 Å². The Morgan fingerprint density at radius 2 is 2.00 bits per heavy atom. The van der Waals surface area contributed by atoms with E-state index in [2.05, 4.69) is 9.97 Å². The molecule has 2 aromatic rings. The minimum Gasteiger partial charge on any atom is -0.337 e. The lowest BCUT2D eigenvalue weighted by atomic mass is 9.94. The zero-order valence-electron chi connectivity index (χ0n) is 11.7. The maximum atomic E-state index is 12.5. The molecule has 4 heteroatoms. The van der Waals surface area contributed by atoms with Gasteiger partial charge < -0.3 is 4.90 Å². The molecule has 1 amide bonds. The topological polar surface area (TPSA) is 46.1 Å². The molecule has 4 nitrogen and oxygen atoms in total. The lowest BCUT2D eigenvalue weighted by Gasteiger charge is -2.31. The van der Waals surface area contributed by atoms with Crippen LogP contribution < -0.4 is 0 Å². The van der Waals surface area contributed by atoms with Gasteiger partial charge in [-0.25, -0.2) is 4.98 Å². The number of nitrogens with zero attached hydrogens (tertiary/aromatic N) is 3. The van der Waals surface area contributed by atoms with Gasteiger partial charge in [-0.3, -0.25) is 9.78 Å². The molecule has 0 unspecified atom stereocenters. The molecule has 1 fully saturated rings. The van der Waals surface area contributed by atoms with Gasteiger partial charge in [0.2, 0.25) is 0 Å². The van der Waals surface area contributed by atoms with Crippen molar-refractivity contribution in [3.63, 3.8) is 0 Å². The Morgan fingerprint density at radius 3 is 2.80 bits per heavy atom. The lowest BCUT2D eigenvalue weighted by Crippen LogP contribution is -2.38. The van der Waals surface area contributed by atoms with E-state index in [-0.39, 0.29) is 5.91 Å². The van der Waals surface area contributed by atoms with Crippen LogP contribution in [0.2, 0.25) is 0 Å². The summed E-state index contributed by atoms with van der Waals surface area (Å²) in [5.41, 5.74) is 1.35. The minimum absolute atomic E-state index is 0.0237. The van der Waals surface area contributed by atoms with Crippen molar-refractivity contribution in [3.8, 4) is 0 Å². The van der Waals surface area contributed by atoms with Crippen molar-refractivity contribution >= 4 is 16.8 Å². The number of carbonyl (C=O) groups is 1. The van der Waals surface area contributed by atoms with E-state index in [1.165, 1.54) is 19.3 Å². The van der Waals surface area contributed by atoms with Crippen LogP contribution in [0.5, 0.6) is 0 Å². The van der Waals surface area contributed by atoms with Gasteiger partial charge in [-0.1, -0.05) is 19.3 Å². The number of amides is 1. The molecular formula is C16H19N3O. The van der Waals surface area contributed by atoms with Crippen LogP contribution in [0.25, 0.3) is 10.9 Å². The Kier molecular flexibility index (Phi) is 3.63. The van der Waals surface area contributed by atoms with Crippen molar-refractivity contribution in [1.29, 1.82) is 0 Å². The number of rotatable bonds is 2. The Hall–Kier alpha value is -1.97. The molecule has 1 aliphatic rings. The molecule has 0 bridgehead atoms. The average Bonchev–Trinajstić information content (AvgIpc) is 2.54. The number of carbonyl (C=O) groups excluding carboxylic acids is 1. The van der Waals surface area contributed by atoms with Crippen LogP contribution in [0.4, 0.5) is 0 Å². The second-order valence-electron chi connectivity index (χ2n) is 5.47. The first-order valence-corrected chi connectivity index (χ1v) is 7.23. The Morgan fingerprint density at radius 1 is 1.20 bits per heavy atom. The van der Waals surface area contributed by atoms with Crippen molar-refractivity contribution in [2.24, 2.45) is 0 Å². The maximum absolute atomic E-state index is 12.5. The maximum Gasteiger partial charge on any atom is 0.272 e. The molecule has 1 saturated carbocycles. The van der Waals surface area contributed by atoms with Gasteiger partial charge in [0.1, 0.15) is 5.69 Å². The third-order valence-electron chi connectivity index (χ3n) is 4.15. The van der Waals surface area contributed by atoms with Crippen molar-refractivity contribution < 1.29 is 4.79 Å². The molecule has 0 radical (unpaired) electrons. The van der Waals surface area contributed by atoms with E-state index in [1.54, 1.807) is 18.5 Å². The molecule has 1 aliphatic carbocycles. The van der Waals surface area contributed by atoms with Crippen molar-refractivity contribution in [1.82, 2.24) is 14.9 Å². The molecular weight excluding hydrogens is 250 g/mol. The fraction of sp³-hybridized carbons (Fsp3) is 0.438. The first kappa shape index (κ1) is 13.0. The summed E-state index contributed by atoms with van der Waals surface area (Å²) in [6.07, 6.45) is 9.42. The predicted molar refractivity (Wildman–Crippen MR) is 78.5 cm³/mol. The summed E-state index contributed by atoms with van der Waals surface area (Å²) >= 11 is 0. The highest BCUT2D eigenvalue weighted by atomic mass is 16.2. The molecule has 3 rings (SSSR count). The number of aromatic nitrogens is 2. The zero-order chi connectivity index (χ0) is 13.9. The lowest BCUT2D eigenvalue weighted by molar-refractivity contribution is 0.0690. The van der Waals surface area contributed by atoms with Gasteiger partial charge >= 0.3 is 0 Å². The molecule has 0 atom stereocenters. The Balaban J connectivity index is 1.83. The van der Waals surface area contributed by atoms with Crippen molar-refractivity contribution in [2.45, 2.75) is 38.1 Å². The zero-order valence-corrected chi connectivity index (χ0v) is 11.7. The fourth-order valence-corrected chi connectivity index (χ4v) is 2.90. The molecule has 0 aromatic carbocycles. The highest BCUT2D eigenvalue weighted by Gasteiger charge is 2.23. The van der Waals surface area contributed by atoms with Crippen molar-refractivity contribution in [3.05, 3.63) is 36.3 Å². The standard InChI is InChI=1S/C16H19N3O/c1-19(13-5-3-2-4-6-13)16(20)15-8-7-12-11-17-10-9-14(12)18-15/h7-11,13H,2-6H2,1H3.